The van der Waals surface area contributed by atoms with Crippen LogP contribution in [0.4, 0.5) is 5.69 Å². The largest absolute Gasteiger partial charge is 0.497 e. The number of ether oxygens (including phenoxy) is 3. The molecule has 6 heteroatoms. The summed E-state index contributed by atoms with van der Waals surface area (Å²) in [6.45, 7) is 2.11. The van der Waals surface area contributed by atoms with Crippen molar-refractivity contribution in [3.63, 3.8) is 0 Å². The van der Waals surface area contributed by atoms with Crippen molar-refractivity contribution in [2.24, 2.45) is 0 Å². The van der Waals surface area contributed by atoms with Crippen molar-refractivity contribution < 1.29 is 14.2 Å². The van der Waals surface area contributed by atoms with E-state index < -0.39 is 0 Å². The lowest BCUT2D eigenvalue weighted by atomic mass is 10.0. The molecular weight excluding hydrogens is 336 g/mol. The second kappa shape index (κ2) is 9.13. The number of hydrogen-bond acceptors (Lipinski definition) is 4. The Balaban J connectivity index is 2.07. The third-order valence-electron chi connectivity index (χ3n) is 3.89. The summed E-state index contributed by atoms with van der Waals surface area (Å²) in [5.41, 5.74) is 1.93. The van der Waals surface area contributed by atoms with E-state index in [0.29, 0.717) is 10.9 Å². The van der Waals surface area contributed by atoms with Crippen LogP contribution in [0.3, 0.4) is 0 Å². The van der Waals surface area contributed by atoms with Gasteiger partial charge in [0.25, 0.3) is 0 Å². The Morgan fingerprint density at radius 3 is 2.16 bits per heavy atom. The zero-order valence-corrected chi connectivity index (χ0v) is 15.8. The summed E-state index contributed by atoms with van der Waals surface area (Å²) in [6.07, 6.45) is 0.897. The summed E-state index contributed by atoms with van der Waals surface area (Å²) in [5, 5.41) is 7.06. The summed E-state index contributed by atoms with van der Waals surface area (Å²) in [4.78, 5) is 0. The van der Waals surface area contributed by atoms with E-state index in [0.717, 1.165) is 29.2 Å². The zero-order chi connectivity index (χ0) is 18.2. The smallest absolute Gasteiger partial charge is 0.171 e. The lowest BCUT2D eigenvalue weighted by molar-refractivity contribution is 0.395. The average Bonchev–Trinajstić information content (AvgIpc) is 2.66. The van der Waals surface area contributed by atoms with Gasteiger partial charge in [-0.2, -0.15) is 0 Å². The summed E-state index contributed by atoms with van der Waals surface area (Å²) in [5.74, 6) is 2.23. The number of thiocarbonyl (C=S) groups is 1. The molecule has 0 spiro atoms. The molecule has 0 heterocycles. The first-order valence-corrected chi connectivity index (χ1v) is 8.45. The monoisotopic (exact) mass is 360 g/mol. The molecule has 0 aliphatic heterocycles. The molecule has 2 aromatic carbocycles. The molecule has 0 saturated heterocycles. The van der Waals surface area contributed by atoms with Crippen LogP contribution in [0.5, 0.6) is 17.2 Å². The quantitative estimate of drug-likeness (QED) is 0.724. The van der Waals surface area contributed by atoms with Crippen LogP contribution in [-0.4, -0.2) is 26.4 Å². The number of hydrogen-bond donors (Lipinski definition) is 2. The van der Waals surface area contributed by atoms with E-state index >= 15 is 0 Å². The first-order valence-electron chi connectivity index (χ1n) is 8.04. The molecule has 2 rings (SSSR count). The van der Waals surface area contributed by atoms with Crippen molar-refractivity contribution in [1.29, 1.82) is 0 Å². The van der Waals surface area contributed by atoms with E-state index in [-0.39, 0.29) is 6.04 Å². The maximum atomic E-state index is 5.46. The highest BCUT2D eigenvalue weighted by Gasteiger charge is 2.12. The predicted molar refractivity (Wildman–Crippen MR) is 105 cm³/mol. The fraction of sp³-hybridized carbons (Fsp3) is 0.316. The molecule has 134 valence electrons. The Bertz CT molecular complexity index is 704. The molecular formula is C19H24N2O3S. The van der Waals surface area contributed by atoms with Crippen molar-refractivity contribution in [2.45, 2.75) is 19.4 Å². The van der Waals surface area contributed by atoms with Crippen LogP contribution in [0, 0.1) is 0 Å². The van der Waals surface area contributed by atoms with E-state index in [1.54, 1.807) is 21.3 Å². The number of anilines is 1. The topological polar surface area (TPSA) is 51.8 Å². The minimum Gasteiger partial charge on any atom is -0.497 e. The van der Waals surface area contributed by atoms with Crippen molar-refractivity contribution in [2.75, 3.05) is 26.6 Å². The first kappa shape index (κ1) is 18.9. The number of benzene rings is 2. The van der Waals surface area contributed by atoms with Gasteiger partial charge in [0.05, 0.1) is 33.1 Å². The first-order chi connectivity index (χ1) is 12.1. The minimum atomic E-state index is 0.107. The van der Waals surface area contributed by atoms with E-state index in [1.165, 1.54) is 0 Å². The normalized spacial score (nSPS) is 11.4. The highest BCUT2D eigenvalue weighted by atomic mass is 32.1. The van der Waals surface area contributed by atoms with Gasteiger partial charge in [0.1, 0.15) is 17.2 Å². The lowest BCUT2D eigenvalue weighted by Crippen LogP contribution is -2.32. The molecule has 0 aromatic heterocycles. The van der Waals surface area contributed by atoms with Crippen LogP contribution in [0.1, 0.15) is 24.9 Å². The number of rotatable bonds is 7. The SMILES string of the molecule is CC[C@@H](NC(=S)Nc1ccc(OC)cc1OC)c1ccc(OC)cc1. The van der Waals surface area contributed by atoms with Crippen molar-refractivity contribution in [3.05, 3.63) is 48.0 Å². The van der Waals surface area contributed by atoms with Gasteiger partial charge in [0.15, 0.2) is 5.11 Å². The Labute approximate surface area is 154 Å². The molecule has 0 fully saturated rings. The Kier molecular flexibility index (Phi) is 6.89. The van der Waals surface area contributed by atoms with Gasteiger partial charge in [-0.25, -0.2) is 0 Å². The Hall–Kier alpha value is -2.47. The molecule has 0 aliphatic carbocycles. The second-order valence-electron chi connectivity index (χ2n) is 5.40. The van der Waals surface area contributed by atoms with E-state index in [2.05, 4.69) is 17.6 Å². The predicted octanol–water partition coefficient (Wildman–Crippen LogP) is 4.15. The molecule has 0 saturated carbocycles. The molecule has 0 bridgehead atoms. The maximum absolute atomic E-state index is 5.46. The van der Waals surface area contributed by atoms with Crippen molar-refractivity contribution in [1.82, 2.24) is 5.32 Å². The van der Waals surface area contributed by atoms with Crippen molar-refractivity contribution in [3.8, 4) is 17.2 Å². The summed E-state index contributed by atoms with van der Waals surface area (Å²) in [6, 6.07) is 13.6. The van der Waals surface area contributed by atoms with Gasteiger partial charge in [-0.3, -0.25) is 0 Å². The minimum absolute atomic E-state index is 0.107. The van der Waals surface area contributed by atoms with E-state index in [1.807, 2.05) is 42.5 Å². The van der Waals surface area contributed by atoms with E-state index in [4.69, 9.17) is 26.4 Å². The summed E-state index contributed by atoms with van der Waals surface area (Å²) >= 11 is 5.46. The summed E-state index contributed by atoms with van der Waals surface area (Å²) in [7, 11) is 4.89. The lowest BCUT2D eigenvalue weighted by Gasteiger charge is -2.21. The van der Waals surface area contributed by atoms with Gasteiger partial charge in [0.2, 0.25) is 0 Å². The van der Waals surface area contributed by atoms with Crippen molar-refractivity contribution >= 4 is 23.0 Å². The molecule has 0 amide bonds. The van der Waals surface area contributed by atoms with Crippen LogP contribution >= 0.6 is 12.2 Å². The summed E-state index contributed by atoms with van der Waals surface area (Å²) < 4.78 is 15.8. The molecule has 5 nitrogen and oxygen atoms in total. The zero-order valence-electron chi connectivity index (χ0n) is 15.0. The Morgan fingerprint density at radius 2 is 1.60 bits per heavy atom. The fourth-order valence-corrected chi connectivity index (χ4v) is 2.73. The van der Waals surface area contributed by atoms with Gasteiger partial charge in [-0.15, -0.1) is 0 Å². The highest BCUT2D eigenvalue weighted by molar-refractivity contribution is 7.80. The molecule has 1 atom stereocenters. The number of methoxy groups -OCH3 is 3. The number of nitrogens with one attached hydrogen (secondary N) is 2. The van der Waals surface area contributed by atoms with Gasteiger partial charge in [-0.05, 0) is 48.5 Å². The average molecular weight is 360 g/mol. The van der Waals surface area contributed by atoms with Gasteiger partial charge in [0, 0.05) is 6.07 Å². The standard InChI is InChI=1S/C19H24N2O3S/c1-5-16(13-6-8-14(22-2)9-7-13)20-19(25)21-17-11-10-15(23-3)12-18(17)24-4/h6-12,16H,5H2,1-4H3,(H2,20,21,25)/t16-/m1/s1. The van der Waals surface area contributed by atoms with Crippen LogP contribution in [0.25, 0.3) is 0 Å². The van der Waals surface area contributed by atoms with Gasteiger partial charge in [-0.1, -0.05) is 19.1 Å². The van der Waals surface area contributed by atoms with Gasteiger partial charge < -0.3 is 24.8 Å². The molecule has 0 unspecified atom stereocenters. The maximum Gasteiger partial charge on any atom is 0.171 e. The second-order valence-corrected chi connectivity index (χ2v) is 5.81. The molecule has 2 aromatic rings. The molecule has 25 heavy (non-hydrogen) atoms. The third kappa shape index (κ3) is 5.00. The molecule has 0 aliphatic rings. The van der Waals surface area contributed by atoms with Crippen LogP contribution in [0.15, 0.2) is 42.5 Å². The van der Waals surface area contributed by atoms with Gasteiger partial charge >= 0.3 is 0 Å². The third-order valence-corrected chi connectivity index (χ3v) is 4.11. The van der Waals surface area contributed by atoms with E-state index in [9.17, 15) is 0 Å². The molecule has 0 radical (unpaired) electrons. The highest BCUT2D eigenvalue weighted by Crippen LogP contribution is 2.29. The van der Waals surface area contributed by atoms with Crippen LogP contribution in [0.2, 0.25) is 0 Å². The molecule has 2 N–H and O–H groups in total. The Morgan fingerprint density at radius 1 is 0.960 bits per heavy atom. The van der Waals surface area contributed by atoms with Crippen LogP contribution < -0.4 is 24.8 Å². The fourth-order valence-electron chi connectivity index (χ4n) is 2.48. The van der Waals surface area contributed by atoms with Crippen LogP contribution in [-0.2, 0) is 0 Å².